The van der Waals surface area contributed by atoms with Crippen LogP contribution in [0.4, 0.5) is 0 Å². The molecule has 0 radical (unpaired) electrons. The van der Waals surface area contributed by atoms with Gasteiger partial charge in [0.1, 0.15) is 0 Å². The van der Waals surface area contributed by atoms with E-state index in [-0.39, 0.29) is 6.10 Å². The molecule has 1 aliphatic rings. The van der Waals surface area contributed by atoms with Gasteiger partial charge in [-0.3, -0.25) is 9.05 Å². The summed E-state index contributed by atoms with van der Waals surface area (Å²) in [6.45, 7) is 1.07. The van der Waals surface area contributed by atoms with Crippen molar-refractivity contribution in [3.05, 3.63) is 10.4 Å². The van der Waals surface area contributed by atoms with E-state index in [1.54, 1.807) is 6.92 Å². The van der Waals surface area contributed by atoms with Gasteiger partial charge in [-0.25, -0.2) is 13.7 Å². The van der Waals surface area contributed by atoms with E-state index in [4.69, 9.17) is 15.2 Å². The molecule has 0 amide bonds. The van der Waals surface area contributed by atoms with E-state index in [9.17, 15) is 23.5 Å². The van der Waals surface area contributed by atoms with Gasteiger partial charge in [0.15, 0.2) is 0 Å². The van der Waals surface area contributed by atoms with Crippen LogP contribution in [0.5, 0.6) is 0 Å². The van der Waals surface area contributed by atoms with Gasteiger partial charge in [0.25, 0.3) is 0 Å². The maximum absolute atomic E-state index is 11.6. The Morgan fingerprint density at radius 3 is 2.33 bits per heavy atom. The fourth-order valence-corrected chi connectivity index (χ4v) is 5.04. The van der Waals surface area contributed by atoms with Crippen molar-refractivity contribution in [3.63, 3.8) is 0 Å². The molecule has 3 N–H and O–H groups in total. The summed E-state index contributed by atoms with van der Waals surface area (Å²) in [5.41, 5.74) is 8.43. The molecule has 1 heterocycles. The lowest BCUT2D eigenvalue weighted by Gasteiger charge is -2.19. The van der Waals surface area contributed by atoms with Crippen LogP contribution in [0.25, 0.3) is 10.4 Å². The first-order valence-corrected chi connectivity index (χ1v) is 10.7. The highest BCUT2D eigenvalue weighted by molar-refractivity contribution is 7.66. The number of phosphoric ester groups is 2. The Labute approximate surface area is 136 Å². The first kappa shape index (κ1) is 21.7. The van der Waals surface area contributed by atoms with Crippen LogP contribution in [0.1, 0.15) is 13.3 Å². The Morgan fingerprint density at radius 2 is 1.79 bits per heavy atom. The van der Waals surface area contributed by atoms with Gasteiger partial charge >= 0.3 is 23.5 Å². The van der Waals surface area contributed by atoms with E-state index in [1.807, 2.05) is 0 Å². The van der Waals surface area contributed by atoms with Crippen molar-refractivity contribution < 1.29 is 50.8 Å². The highest BCUT2D eigenvalue weighted by Crippen LogP contribution is 2.67. The quantitative estimate of drug-likeness (QED) is 0.216. The molecule has 0 aliphatic carbocycles. The van der Waals surface area contributed by atoms with Crippen LogP contribution in [-0.4, -0.2) is 46.6 Å². The first-order valence-electron chi connectivity index (χ1n) is 6.21. The van der Waals surface area contributed by atoms with E-state index < -0.39 is 42.2 Å². The SMILES string of the molecule is COP(=O)(O)OP(=O)(O)OP(=O)(O)OC[C@H]1O[C@@H](C)CC1N=[N+]=[N-]. The molecular formula is C7H16N3O11P3. The zero-order valence-electron chi connectivity index (χ0n) is 12.4. The number of hydrogen-bond acceptors (Lipinski definition) is 9. The second-order valence-electron chi connectivity index (χ2n) is 4.54. The molecule has 4 unspecified atom stereocenters. The summed E-state index contributed by atoms with van der Waals surface area (Å²) in [6, 6.07) is -0.673. The summed E-state index contributed by atoms with van der Waals surface area (Å²) in [5.74, 6) is 0. The van der Waals surface area contributed by atoms with Crippen molar-refractivity contribution in [1.29, 1.82) is 0 Å². The fraction of sp³-hybridized carbons (Fsp3) is 1.00. The van der Waals surface area contributed by atoms with Crippen LogP contribution in [-0.2, 0) is 36.1 Å². The number of azide groups is 1. The van der Waals surface area contributed by atoms with Crippen molar-refractivity contribution in [2.24, 2.45) is 5.11 Å². The van der Waals surface area contributed by atoms with E-state index in [0.29, 0.717) is 13.5 Å². The topological polar surface area (TPSA) is 207 Å². The highest BCUT2D eigenvalue weighted by atomic mass is 31.3. The summed E-state index contributed by atoms with van der Waals surface area (Å²) < 4.78 is 55.3. The van der Waals surface area contributed by atoms with E-state index in [0.717, 1.165) is 0 Å². The van der Waals surface area contributed by atoms with Crippen molar-refractivity contribution >= 4 is 23.5 Å². The third kappa shape index (κ3) is 7.28. The lowest BCUT2D eigenvalue weighted by Crippen LogP contribution is -2.24. The van der Waals surface area contributed by atoms with Crippen molar-refractivity contribution in [2.75, 3.05) is 13.7 Å². The summed E-state index contributed by atoms with van der Waals surface area (Å²) in [6.07, 6.45) is -0.845. The third-order valence-corrected chi connectivity index (χ3v) is 6.89. The van der Waals surface area contributed by atoms with Crippen LogP contribution >= 0.6 is 23.5 Å². The minimum atomic E-state index is -5.45. The Bertz CT molecular complexity index is 636. The van der Waals surface area contributed by atoms with Crippen LogP contribution in [0.15, 0.2) is 5.11 Å². The van der Waals surface area contributed by atoms with Gasteiger partial charge in [-0.2, -0.15) is 8.62 Å². The van der Waals surface area contributed by atoms with E-state index in [1.165, 1.54) is 0 Å². The fourth-order valence-electron chi connectivity index (χ4n) is 1.77. The Kier molecular flexibility index (Phi) is 7.58. The zero-order valence-corrected chi connectivity index (χ0v) is 15.1. The Hall–Kier alpha value is -0.320. The molecular weight excluding hydrogens is 395 g/mol. The molecule has 14 nitrogen and oxygen atoms in total. The molecule has 0 bridgehead atoms. The largest absolute Gasteiger partial charge is 0.490 e. The first-order chi connectivity index (χ1) is 10.9. The number of rotatable bonds is 9. The van der Waals surface area contributed by atoms with Crippen LogP contribution in [0.3, 0.4) is 0 Å². The normalized spacial score (nSPS) is 31.5. The van der Waals surface area contributed by atoms with Gasteiger partial charge in [-0.05, 0) is 18.9 Å². The predicted octanol–water partition coefficient (Wildman–Crippen LogP) is 1.84. The Morgan fingerprint density at radius 1 is 1.21 bits per heavy atom. The second kappa shape index (κ2) is 8.37. The van der Waals surface area contributed by atoms with Gasteiger partial charge in [0, 0.05) is 12.0 Å². The molecule has 0 saturated carbocycles. The van der Waals surface area contributed by atoms with Gasteiger partial charge in [-0.1, -0.05) is 5.11 Å². The molecule has 1 saturated heterocycles. The molecule has 0 aromatic rings. The molecule has 1 rings (SSSR count). The molecule has 140 valence electrons. The standard InChI is InChI=1S/C7H16N3O11P3/c1-5-3-6(9-10-8)7(19-5)4-18-23(13,14)21-24(15,16)20-22(11,12)17-2/h5-7H,3-4H2,1-2H3,(H,11,12)(H,13,14)(H,15,16)/t5-,6?,7+/m0/s1. The molecule has 24 heavy (non-hydrogen) atoms. The van der Waals surface area contributed by atoms with Crippen molar-refractivity contribution in [2.45, 2.75) is 31.6 Å². The van der Waals surface area contributed by atoms with Gasteiger partial charge in [-0.15, -0.1) is 0 Å². The molecule has 6 atom stereocenters. The summed E-state index contributed by atoms with van der Waals surface area (Å²) in [4.78, 5) is 30.1. The van der Waals surface area contributed by atoms with Crippen molar-refractivity contribution in [3.8, 4) is 0 Å². The van der Waals surface area contributed by atoms with E-state index >= 15 is 0 Å². The minimum Gasteiger partial charge on any atom is -0.372 e. The monoisotopic (exact) mass is 411 g/mol. The molecule has 17 heteroatoms. The highest BCUT2D eigenvalue weighted by Gasteiger charge is 2.43. The maximum atomic E-state index is 11.6. The molecule has 1 fully saturated rings. The average Bonchev–Trinajstić information content (AvgIpc) is 2.75. The third-order valence-electron chi connectivity index (χ3n) is 2.66. The summed E-state index contributed by atoms with van der Waals surface area (Å²) in [7, 11) is -14.9. The minimum absolute atomic E-state index is 0.303. The average molecular weight is 411 g/mol. The molecule has 1 aliphatic heterocycles. The van der Waals surface area contributed by atoms with Gasteiger partial charge in [0.05, 0.1) is 24.9 Å². The van der Waals surface area contributed by atoms with Crippen LogP contribution in [0.2, 0.25) is 0 Å². The number of ether oxygens (including phenoxy) is 1. The Balaban J connectivity index is 2.66. The van der Waals surface area contributed by atoms with Crippen molar-refractivity contribution in [1.82, 2.24) is 0 Å². The van der Waals surface area contributed by atoms with E-state index in [2.05, 4.69) is 27.7 Å². The number of nitrogens with zero attached hydrogens (tertiary/aromatic N) is 3. The predicted molar refractivity (Wildman–Crippen MR) is 76.5 cm³/mol. The number of hydrogen-bond donors (Lipinski definition) is 3. The molecule has 0 aromatic carbocycles. The zero-order chi connectivity index (χ0) is 18.6. The summed E-state index contributed by atoms with van der Waals surface area (Å²) in [5, 5.41) is 3.44. The van der Waals surface area contributed by atoms with Crippen LogP contribution < -0.4 is 0 Å². The number of phosphoric acid groups is 3. The smallest absolute Gasteiger partial charge is 0.372 e. The molecule has 0 aromatic heterocycles. The van der Waals surface area contributed by atoms with Crippen LogP contribution in [0, 0.1) is 0 Å². The lowest BCUT2D eigenvalue weighted by atomic mass is 10.1. The van der Waals surface area contributed by atoms with Gasteiger partial charge < -0.3 is 19.4 Å². The van der Waals surface area contributed by atoms with Gasteiger partial charge in [0.2, 0.25) is 0 Å². The lowest BCUT2D eigenvalue weighted by molar-refractivity contribution is 0.0145. The molecule has 0 spiro atoms. The summed E-state index contributed by atoms with van der Waals surface area (Å²) >= 11 is 0. The second-order valence-corrected chi connectivity index (χ2v) is 9.28. The maximum Gasteiger partial charge on any atom is 0.490 e.